The summed E-state index contributed by atoms with van der Waals surface area (Å²) in [5.74, 6) is -0.732. The quantitative estimate of drug-likeness (QED) is 0.183. The summed E-state index contributed by atoms with van der Waals surface area (Å²) in [5, 5.41) is 3.15. The maximum absolute atomic E-state index is 12.9. The summed E-state index contributed by atoms with van der Waals surface area (Å²) in [6.45, 7) is 4.24. The molecule has 4 rings (SSSR count). The van der Waals surface area contributed by atoms with E-state index in [1.807, 2.05) is 47.2 Å². The summed E-state index contributed by atoms with van der Waals surface area (Å²) in [6, 6.07) is 13.7. The van der Waals surface area contributed by atoms with Gasteiger partial charge < -0.3 is 29.8 Å². The van der Waals surface area contributed by atoms with Crippen molar-refractivity contribution < 1.29 is 28.6 Å². The number of esters is 2. The first kappa shape index (κ1) is 31.8. The Kier molecular flexibility index (Phi) is 10.7. The number of nitrogens with one attached hydrogen (secondary N) is 2. The molecule has 2 heterocycles. The minimum atomic E-state index is -0.984. The third-order valence-corrected chi connectivity index (χ3v) is 7.05. The van der Waals surface area contributed by atoms with Gasteiger partial charge in [-0.2, -0.15) is 4.98 Å². The Labute approximate surface area is 254 Å². The number of ether oxygens (including phenoxy) is 3. The van der Waals surface area contributed by atoms with Crippen molar-refractivity contribution in [3.05, 3.63) is 87.3 Å². The van der Waals surface area contributed by atoms with E-state index >= 15 is 0 Å². The molecule has 232 valence electrons. The molecule has 4 aromatic rings. The number of nitrogens with two attached hydrogens (primary N) is 1. The average Bonchev–Trinajstić information content (AvgIpc) is 3.35. The third-order valence-electron chi connectivity index (χ3n) is 7.05. The second-order valence-corrected chi connectivity index (χ2v) is 10.1. The van der Waals surface area contributed by atoms with Crippen molar-refractivity contribution in [1.29, 1.82) is 0 Å². The number of methoxy groups -OCH3 is 1. The first-order valence-corrected chi connectivity index (χ1v) is 14.4. The Bertz CT molecular complexity index is 1660. The van der Waals surface area contributed by atoms with Gasteiger partial charge in [-0.05, 0) is 74.1 Å². The Morgan fingerprint density at radius 1 is 0.977 bits per heavy atom. The lowest BCUT2D eigenvalue weighted by atomic mass is 10.0. The van der Waals surface area contributed by atoms with Crippen LogP contribution in [0.5, 0.6) is 5.75 Å². The number of anilines is 1. The van der Waals surface area contributed by atoms with E-state index in [1.54, 1.807) is 33.1 Å². The van der Waals surface area contributed by atoms with Gasteiger partial charge in [-0.3, -0.25) is 19.4 Å². The van der Waals surface area contributed by atoms with Crippen molar-refractivity contribution in [3.8, 4) is 5.75 Å². The van der Waals surface area contributed by atoms with Crippen LogP contribution < -0.4 is 21.3 Å². The molecule has 0 spiro atoms. The zero-order chi connectivity index (χ0) is 31.6. The molecule has 0 saturated heterocycles. The van der Waals surface area contributed by atoms with Gasteiger partial charge in [0, 0.05) is 24.7 Å². The molecule has 0 aliphatic heterocycles. The van der Waals surface area contributed by atoms with Crippen LogP contribution >= 0.6 is 0 Å². The molecule has 1 atom stereocenters. The molecule has 1 unspecified atom stereocenters. The van der Waals surface area contributed by atoms with Gasteiger partial charge in [0.25, 0.3) is 11.5 Å². The van der Waals surface area contributed by atoms with Gasteiger partial charge in [-0.15, -0.1) is 0 Å². The first-order valence-electron chi connectivity index (χ1n) is 14.4. The van der Waals surface area contributed by atoms with E-state index in [4.69, 9.17) is 19.9 Å². The number of amides is 1. The Morgan fingerprint density at radius 3 is 2.32 bits per heavy atom. The summed E-state index contributed by atoms with van der Waals surface area (Å²) in [6.07, 6.45) is 3.10. The number of hydrogen-bond donors (Lipinski definition) is 3. The molecule has 2 aromatic carbocycles. The van der Waals surface area contributed by atoms with E-state index in [1.165, 1.54) is 0 Å². The monoisotopic (exact) mass is 603 g/mol. The number of carbonyl (C=O) groups excluding carboxylic acids is 3. The summed E-state index contributed by atoms with van der Waals surface area (Å²) in [5.41, 5.74) is 9.20. The van der Waals surface area contributed by atoms with Crippen LogP contribution in [0.4, 0.5) is 5.95 Å². The fourth-order valence-electron chi connectivity index (χ4n) is 4.86. The number of carbonyl (C=O) groups is 3. The van der Waals surface area contributed by atoms with E-state index in [9.17, 15) is 19.2 Å². The second kappa shape index (κ2) is 14.9. The number of aryl methyl sites for hydroxylation is 2. The van der Waals surface area contributed by atoms with Gasteiger partial charge >= 0.3 is 11.9 Å². The zero-order valence-corrected chi connectivity index (χ0v) is 25.1. The molecular weight excluding hydrogens is 566 g/mol. The molecule has 44 heavy (non-hydrogen) atoms. The van der Waals surface area contributed by atoms with Crippen molar-refractivity contribution in [1.82, 2.24) is 19.9 Å². The number of hydrogen-bond acceptors (Lipinski definition) is 9. The summed E-state index contributed by atoms with van der Waals surface area (Å²) in [4.78, 5) is 57.0. The van der Waals surface area contributed by atoms with E-state index in [0.29, 0.717) is 36.0 Å². The molecule has 0 aliphatic carbocycles. The van der Waals surface area contributed by atoms with Crippen LogP contribution in [0.2, 0.25) is 0 Å². The Balaban J connectivity index is 1.45. The molecular formula is C32H37N5O7. The fourth-order valence-corrected chi connectivity index (χ4v) is 4.86. The number of nitrogens with zero attached hydrogens (tertiary/aromatic N) is 2. The maximum Gasteiger partial charge on any atom is 0.328 e. The number of benzene rings is 2. The predicted octanol–water partition coefficient (Wildman–Crippen LogP) is 3.15. The highest BCUT2D eigenvalue weighted by atomic mass is 16.5. The van der Waals surface area contributed by atoms with Crippen LogP contribution in [0.25, 0.3) is 11.0 Å². The van der Waals surface area contributed by atoms with E-state index in [2.05, 4.69) is 15.3 Å². The highest BCUT2D eigenvalue weighted by molar-refractivity contribution is 5.97. The molecule has 2 aromatic heterocycles. The standard InChI is InChI=1S/C32H37N5O7/c1-4-43-26(38)17-16-25(31(41)44-5-2)34-29(39)22-11-6-20(7-12-22)8-13-23-19-37(18-21-9-14-24(42-3)15-10-21)28-27(23)30(40)36-32(33)35-28/h6-7,9-12,14-15,19,25H,4-5,8,13,16-18H2,1-3H3,(H,34,39)(H3,33,35,36,40). The molecule has 12 heteroatoms. The topological polar surface area (TPSA) is 168 Å². The number of nitrogen functional groups attached to an aromatic ring is 1. The molecule has 12 nitrogen and oxygen atoms in total. The lowest BCUT2D eigenvalue weighted by molar-refractivity contribution is -0.146. The zero-order valence-electron chi connectivity index (χ0n) is 25.1. The maximum atomic E-state index is 12.9. The third kappa shape index (κ3) is 8.03. The number of H-pyrrole nitrogens is 1. The molecule has 0 saturated carbocycles. The second-order valence-electron chi connectivity index (χ2n) is 10.1. The van der Waals surface area contributed by atoms with Gasteiger partial charge in [0.1, 0.15) is 17.4 Å². The van der Waals surface area contributed by atoms with Crippen LogP contribution in [0.1, 0.15) is 53.7 Å². The van der Waals surface area contributed by atoms with Crippen LogP contribution in [-0.2, 0) is 38.4 Å². The van der Waals surface area contributed by atoms with Gasteiger partial charge in [-0.1, -0.05) is 24.3 Å². The minimum Gasteiger partial charge on any atom is -0.497 e. The van der Waals surface area contributed by atoms with Crippen LogP contribution in [-0.4, -0.2) is 58.7 Å². The van der Waals surface area contributed by atoms with Gasteiger partial charge in [0.05, 0.1) is 25.7 Å². The van der Waals surface area contributed by atoms with Crippen LogP contribution in [0.3, 0.4) is 0 Å². The van der Waals surface area contributed by atoms with Crippen molar-refractivity contribution >= 4 is 34.8 Å². The number of aromatic amines is 1. The lowest BCUT2D eigenvalue weighted by Crippen LogP contribution is -2.42. The Morgan fingerprint density at radius 2 is 1.66 bits per heavy atom. The number of fused-ring (bicyclic) bond motifs is 1. The normalized spacial score (nSPS) is 11.6. The summed E-state index contributed by atoms with van der Waals surface area (Å²) in [7, 11) is 1.61. The highest BCUT2D eigenvalue weighted by Crippen LogP contribution is 2.21. The van der Waals surface area contributed by atoms with Gasteiger partial charge in [0.2, 0.25) is 5.95 Å². The number of rotatable bonds is 14. The Hall–Kier alpha value is -5.13. The van der Waals surface area contributed by atoms with Gasteiger partial charge in [0.15, 0.2) is 0 Å². The molecule has 0 radical (unpaired) electrons. The predicted molar refractivity (Wildman–Crippen MR) is 164 cm³/mol. The van der Waals surface area contributed by atoms with Gasteiger partial charge in [-0.25, -0.2) is 4.79 Å². The largest absolute Gasteiger partial charge is 0.497 e. The molecule has 0 bridgehead atoms. The fraction of sp³-hybridized carbons (Fsp3) is 0.344. The van der Waals surface area contributed by atoms with E-state index in [-0.39, 0.29) is 37.6 Å². The van der Waals surface area contributed by atoms with Crippen molar-refractivity contribution in [2.24, 2.45) is 0 Å². The SMILES string of the molecule is CCOC(=O)CCC(NC(=O)c1ccc(CCc2cn(Cc3ccc(OC)cc3)c3nc(N)[nH]c(=O)c23)cc1)C(=O)OCC. The lowest BCUT2D eigenvalue weighted by Gasteiger charge is -2.17. The first-order chi connectivity index (χ1) is 21.2. The molecule has 0 fully saturated rings. The average molecular weight is 604 g/mol. The van der Waals surface area contributed by atoms with E-state index < -0.39 is 23.9 Å². The minimum absolute atomic E-state index is 0.0298. The van der Waals surface area contributed by atoms with Crippen LogP contribution in [0, 0.1) is 0 Å². The summed E-state index contributed by atoms with van der Waals surface area (Å²) >= 11 is 0. The van der Waals surface area contributed by atoms with E-state index in [0.717, 1.165) is 22.4 Å². The molecule has 1 amide bonds. The van der Waals surface area contributed by atoms with Crippen molar-refractivity contribution in [2.75, 3.05) is 26.1 Å². The highest BCUT2D eigenvalue weighted by Gasteiger charge is 2.24. The summed E-state index contributed by atoms with van der Waals surface area (Å²) < 4.78 is 17.1. The molecule has 4 N–H and O–H groups in total. The van der Waals surface area contributed by atoms with Crippen LogP contribution in [0.15, 0.2) is 59.5 Å². The molecule has 0 aliphatic rings. The van der Waals surface area contributed by atoms with Crippen molar-refractivity contribution in [3.63, 3.8) is 0 Å². The smallest absolute Gasteiger partial charge is 0.328 e. The number of aromatic nitrogens is 3. The van der Waals surface area contributed by atoms with Crippen molar-refractivity contribution in [2.45, 2.75) is 52.1 Å².